The van der Waals surface area contributed by atoms with Gasteiger partial charge in [-0.15, -0.1) is 0 Å². The van der Waals surface area contributed by atoms with E-state index in [2.05, 4.69) is 57.2 Å². The summed E-state index contributed by atoms with van der Waals surface area (Å²) < 4.78 is 1.99. The molecule has 3 nitrogen and oxygen atoms in total. The van der Waals surface area contributed by atoms with Gasteiger partial charge < -0.3 is 5.11 Å². The number of hydrogen-bond acceptors (Lipinski definition) is 2. The number of aliphatic hydroxyl groups is 1. The molecule has 0 unspecified atom stereocenters. The molecule has 3 heteroatoms. The first-order valence-electron chi connectivity index (χ1n) is 7.93. The zero-order chi connectivity index (χ0) is 16.4. The average Bonchev–Trinajstić information content (AvgIpc) is 2.84. The molecule has 0 saturated heterocycles. The van der Waals surface area contributed by atoms with Crippen LogP contribution in [0.25, 0.3) is 16.8 Å². The topological polar surface area (TPSA) is 38.0 Å². The van der Waals surface area contributed by atoms with Crippen LogP contribution in [0.15, 0.2) is 48.5 Å². The molecule has 0 bridgehead atoms. The smallest absolute Gasteiger partial charge is 0.0679 e. The molecule has 0 radical (unpaired) electrons. The fraction of sp³-hybridized carbons (Fsp3) is 0.250. The third-order valence-corrected chi connectivity index (χ3v) is 4.21. The number of aliphatic hydroxyl groups excluding tert-OH is 1. The van der Waals surface area contributed by atoms with Crippen LogP contribution in [0.5, 0.6) is 0 Å². The van der Waals surface area contributed by atoms with Gasteiger partial charge >= 0.3 is 0 Å². The van der Waals surface area contributed by atoms with Crippen molar-refractivity contribution in [3.63, 3.8) is 0 Å². The van der Waals surface area contributed by atoms with Crippen LogP contribution in [-0.2, 0) is 6.42 Å². The van der Waals surface area contributed by atoms with E-state index in [1.165, 1.54) is 16.7 Å². The van der Waals surface area contributed by atoms with E-state index in [0.29, 0.717) is 6.42 Å². The van der Waals surface area contributed by atoms with Crippen molar-refractivity contribution in [3.05, 3.63) is 71.0 Å². The summed E-state index contributed by atoms with van der Waals surface area (Å²) in [6.07, 6.45) is 0.687. The van der Waals surface area contributed by atoms with Crippen molar-refractivity contribution in [3.8, 4) is 16.8 Å². The molecule has 0 amide bonds. The molecule has 3 rings (SSSR count). The van der Waals surface area contributed by atoms with Gasteiger partial charge in [-0.05, 0) is 50.5 Å². The second-order valence-corrected chi connectivity index (χ2v) is 5.96. The van der Waals surface area contributed by atoms with Crippen molar-refractivity contribution in [1.29, 1.82) is 0 Å². The van der Waals surface area contributed by atoms with Gasteiger partial charge in [-0.2, -0.15) is 5.10 Å². The molecule has 0 saturated carbocycles. The highest BCUT2D eigenvalue weighted by molar-refractivity contribution is 5.69. The lowest BCUT2D eigenvalue weighted by Crippen LogP contribution is -2.00. The van der Waals surface area contributed by atoms with E-state index in [-0.39, 0.29) is 6.61 Å². The Kier molecular flexibility index (Phi) is 4.30. The van der Waals surface area contributed by atoms with Gasteiger partial charge in [0.15, 0.2) is 0 Å². The summed E-state index contributed by atoms with van der Waals surface area (Å²) in [5, 5.41) is 13.7. The van der Waals surface area contributed by atoms with Crippen LogP contribution in [0.4, 0.5) is 0 Å². The van der Waals surface area contributed by atoms with E-state index in [4.69, 9.17) is 10.2 Å². The maximum absolute atomic E-state index is 9.02. The van der Waals surface area contributed by atoms with E-state index >= 15 is 0 Å². The predicted molar refractivity (Wildman–Crippen MR) is 94.0 cm³/mol. The van der Waals surface area contributed by atoms with E-state index in [0.717, 1.165) is 22.6 Å². The predicted octanol–water partition coefficient (Wildman–Crippen LogP) is 4.00. The van der Waals surface area contributed by atoms with Gasteiger partial charge in [-0.3, -0.25) is 0 Å². The Balaban J connectivity index is 2.01. The number of hydrogen-bond donors (Lipinski definition) is 1. The molecule has 3 aromatic rings. The zero-order valence-electron chi connectivity index (χ0n) is 13.9. The largest absolute Gasteiger partial charge is 0.396 e. The minimum absolute atomic E-state index is 0.177. The Bertz CT molecular complexity index is 799. The highest BCUT2D eigenvalue weighted by Gasteiger charge is 2.14. The molecule has 0 spiro atoms. The van der Waals surface area contributed by atoms with Gasteiger partial charge in [0.2, 0.25) is 0 Å². The number of rotatable bonds is 4. The summed E-state index contributed by atoms with van der Waals surface area (Å²) in [6, 6.07) is 16.8. The fourth-order valence-corrected chi connectivity index (χ4v) is 2.97. The van der Waals surface area contributed by atoms with Gasteiger partial charge in [0.1, 0.15) is 0 Å². The van der Waals surface area contributed by atoms with E-state index in [1.807, 2.05) is 16.8 Å². The molecule has 118 valence electrons. The Morgan fingerprint density at radius 2 is 1.57 bits per heavy atom. The fourth-order valence-electron chi connectivity index (χ4n) is 2.97. The maximum atomic E-state index is 9.02. The number of benzene rings is 2. The summed E-state index contributed by atoms with van der Waals surface area (Å²) in [5.41, 5.74) is 8.02. The lowest BCUT2D eigenvalue weighted by Gasteiger charge is -2.07. The molecule has 2 aromatic carbocycles. The molecular formula is C20H22N2O. The van der Waals surface area contributed by atoms with Gasteiger partial charge in [0, 0.05) is 17.9 Å². The third kappa shape index (κ3) is 3.06. The first-order chi connectivity index (χ1) is 11.1. The first kappa shape index (κ1) is 15.5. The summed E-state index contributed by atoms with van der Waals surface area (Å²) in [7, 11) is 0. The first-order valence-corrected chi connectivity index (χ1v) is 7.93. The summed E-state index contributed by atoms with van der Waals surface area (Å²) in [6.45, 7) is 6.44. The normalized spacial score (nSPS) is 11.0. The third-order valence-electron chi connectivity index (χ3n) is 4.21. The molecular weight excluding hydrogens is 284 g/mol. The molecule has 0 fully saturated rings. The Morgan fingerprint density at radius 3 is 2.17 bits per heavy atom. The second-order valence-electron chi connectivity index (χ2n) is 5.96. The van der Waals surface area contributed by atoms with Crippen LogP contribution in [0.3, 0.4) is 0 Å². The SMILES string of the molecule is Cc1ccc(-c2c(C)nn(-c3ccc(CCO)cc3)c2C)cc1. The van der Waals surface area contributed by atoms with Gasteiger partial charge in [-0.1, -0.05) is 42.0 Å². The van der Waals surface area contributed by atoms with Gasteiger partial charge in [-0.25, -0.2) is 4.68 Å². The van der Waals surface area contributed by atoms with Crippen molar-refractivity contribution in [2.75, 3.05) is 6.61 Å². The van der Waals surface area contributed by atoms with Crippen molar-refractivity contribution in [2.45, 2.75) is 27.2 Å². The Labute approximate surface area is 137 Å². The summed E-state index contributed by atoms with van der Waals surface area (Å²) >= 11 is 0. The Hall–Kier alpha value is -2.39. The number of aromatic nitrogens is 2. The van der Waals surface area contributed by atoms with Crippen LogP contribution >= 0.6 is 0 Å². The quantitative estimate of drug-likeness (QED) is 0.791. The highest BCUT2D eigenvalue weighted by atomic mass is 16.2. The molecule has 1 aromatic heterocycles. The second kappa shape index (κ2) is 6.39. The monoisotopic (exact) mass is 306 g/mol. The van der Waals surface area contributed by atoms with Crippen molar-refractivity contribution in [2.24, 2.45) is 0 Å². The number of nitrogens with zero attached hydrogens (tertiary/aromatic N) is 2. The molecule has 23 heavy (non-hydrogen) atoms. The van der Waals surface area contributed by atoms with E-state index in [9.17, 15) is 0 Å². The molecule has 1 N–H and O–H groups in total. The molecule has 0 aliphatic rings. The van der Waals surface area contributed by atoms with Crippen LogP contribution in [0.2, 0.25) is 0 Å². The minimum atomic E-state index is 0.177. The van der Waals surface area contributed by atoms with Gasteiger partial charge in [0.05, 0.1) is 11.4 Å². The van der Waals surface area contributed by atoms with Crippen LogP contribution < -0.4 is 0 Å². The summed E-state index contributed by atoms with van der Waals surface area (Å²) in [5.74, 6) is 0. The zero-order valence-corrected chi connectivity index (χ0v) is 13.9. The van der Waals surface area contributed by atoms with Crippen LogP contribution in [0.1, 0.15) is 22.5 Å². The van der Waals surface area contributed by atoms with Crippen molar-refractivity contribution < 1.29 is 5.11 Å². The summed E-state index contributed by atoms with van der Waals surface area (Å²) in [4.78, 5) is 0. The Morgan fingerprint density at radius 1 is 0.913 bits per heavy atom. The van der Waals surface area contributed by atoms with E-state index < -0.39 is 0 Å². The number of aryl methyl sites for hydroxylation is 2. The minimum Gasteiger partial charge on any atom is -0.396 e. The molecule has 1 heterocycles. The van der Waals surface area contributed by atoms with Gasteiger partial charge in [0.25, 0.3) is 0 Å². The lowest BCUT2D eigenvalue weighted by molar-refractivity contribution is 0.299. The van der Waals surface area contributed by atoms with Crippen molar-refractivity contribution in [1.82, 2.24) is 9.78 Å². The molecule has 0 aliphatic heterocycles. The lowest BCUT2D eigenvalue weighted by atomic mass is 10.0. The van der Waals surface area contributed by atoms with E-state index in [1.54, 1.807) is 0 Å². The average molecular weight is 306 g/mol. The van der Waals surface area contributed by atoms with Crippen molar-refractivity contribution >= 4 is 0 Å². The molecule has 0 atom stereocenters. The van der Waals surface area contributed by atoms with Crippen LogP contribution in [0, 0.1) is 20.8 Å². The highest BCUT2D eigenvalue weighted by Crippen LogP contribution is 2.28. The standard InChI is InChI=1S/C20H22N2O/c1-14-4-8-18(9-5-14)20-15(2)21-22(16(20)3)19-10-6-17(7-11-19)12-13-23/h4-11,23H,12-13H2,1-3H3. The van der Waals surface area contributed by atoms with Crippen LogP contribution in [-0.4, -0.2) is 21.5 Å². The molecule has 0 aliphatic carbocycles. The maximum Gasteiger partial charge on any atom is 0.0679 e.